The van der Waals surface area contributed by atoms with Crippen LogP contribution in [0.4, 0.5) is 4.79 Å². The van der Waals surface area contributed by atoms with Crippen LogP contribution in [0, 0.1) is 5.41 Å². The average molecular weight is 271 g/mol. The molecule has 19 heavy (non-hydrogen) atoms. The Morgan fingerprint density at radius 3 is 2.37 bits per heavy atom. The molecular weight excluding hydrogens is 246 g/mol. The fourth-order valence-corrected chi connectivity index (χ4v) is 2.43. The van der Waals surface area contributed by atoms with Crippen molar-refractivity contribution < 1.29 is 14.7 Å². The van der Waals surface area contributed by atoms with E-state index in [0.717, 1.165) is 25.8 Å². The number of nitrogens with zero attached hydrogens (tertiary/aromatic N) is 1. The number of rotatable bonds is 7. The van der Waals surface area contributed by atoms with Crippen LogP contribution in [-0.4, -0.2) is 55.7 Å². The maximum absolute atomic E-state index is 11.6. The third kappa shape index (κ3) is 5.06. The van der Waals surface area contributed by atoms with Gasteiger partial charge in [0.1, 0.15) is 0 Å². The zero-order chi connectivity index (χ0) is 14.3. The van der Waals surface area contributed by atoms with Crippen LogP contribution >= 0.6 is 0 Å². The van der Waals surface area contributed by atoms with Crippen LogP contribution in [0.2, 0.25) is 0 Å². The van der Waals surface area contributed by atoms with Gasteiger partial charge in [-0.2, -0.15) is 0 Å². The summed E-state index contributed by atoms with van der Waals surface area (Å²) in [6.07, 6.45) is 4.05. The zero-order valence-corrected chi connectivity index (χ0v) is 11.9. The third-order valence-electron chi connectivity index (χ3n) is 3.67. The van der Waals surface area contributed by atoms with Gasteiger partial charge in [0.05, 0.1) is 5.41 Å². The second kappa shape index (κ2) is 7.33. The van der Waals surface area contributed by atoms with E-state index in [1.807, 2.05) is 14.1 Å². The number of urea groups is 1. The first-order chi connectivity index (χ1) is 8.96. The molecule has 1 fully saturated rings. The van der Waals surface area contributed by atoms with Gasteiger partial charge in [0.2, 0.25) is 0 Å². The molecule has 1 rings (SSSR count). The molecule has 1 aliphatic carbocycles. The number of carbonyl (C=O) groups excluding carboxylic acids is 1. The molecule has 1 saturated carbocycles. The summed E-state index contributed by atoms with van der Waals surface area (Å²) < 4.78 is 0. The molecule has 0 saturated heterocycles. The molecule has 110 valence electrons. The van der Waals surface area contributed by atoms with E-state index in [1.165, 1.54) is 0 Å². The van der Waals surface area contributed by atoms with Crippen molar-refractivity contribution in [2.45, 2.75) is 32.1 Å². The van der Waals surface area contributed by atoms with Crippen molar-refractivity contribution in [3.8, 4) is 0 Å². The lowest BCUT2D eigenvalue weighted by Crippen LogP contribution is -2.45. The van der Waals surface area contributed by atoms with Crippen LogP contribution in [0.15, 0.2) is 0 Å². The van der Waals surface area contributed by atoms with E-state index in [-0.39, 0.29) is 12.6 Å². The highest BCUT2D eigenvalue weighted by Crippen LogP contribution is 2.37. The fourth-order valence-electron chi connectivity index (χ4n) is 2.43. The largest absolute Gasteiger partial charge is 0.481 e. The van der Waals surface area contributed by atoms with Gasteiger partial charge in [0.25, 0.3) is 0 Å². The molecule has 0 bridgehead atoms. The van der Waals surface area contributed by atoms with Gasteiger partial charge in [-0.1, -0.05) is 12.8 Å². The summed E-state index contributed by atoms with van der Waals surface area (Å²) in [5.41, 5.74) is -0.749. The van der Waals surface area contributed by atoms with Crippen molar-refractivity contribution in [1.82, 2.24) is 15.5 Å². The molecule has 0 heterocycles. The minimum Gasteiger partial charge on any atom is -0.481 e. The van der Waals surface area contributed by atoms with E-state index >= 15 is 0 Å². The minimum atomic E-state index is -0.794. The summed E-state index contributed by atoms with van der Waals surface area (Å²) in [4.78, 5) is 24.9. The van der Waals surface area contributed by atoms with Crippen molar-refractivity contribution in [2.24, 2.45) is 5.41 Å². The van der Waals surface area contributed by atoms with Gasteiger partial charge in [-0.05, 0) is 39.9 Å². The summed E-state index contributed by atoms with van der Waals surface area (Å²) in [7, 11) is 3.97. The summed E-state index contributed by atoms with van der Waals surface area (Å²) in [6.45, 7) is 1.74. The Bertz CT molecular complexity index is 312. The van der Waals surface area contributed by atoms with E-state index < -0.39 is 11.4 Å². The molecule has 0 aromatic carbocycles. The predicted molar refractivity (Wildman–Crippen MR) is 73.1 cm³/mol. The monoisotopic (exact) mass is 271 g/mol. The molecule has 0 aromatic heterocycles. The normalized spacial score (nSPS) is 17.4. The maximum atomic E-state index is 11.6. The molecule has 0 unspecified atom stereocenters. The molecule has 3 N–H and O–H groups in total. The van der Waals surface area contributed by atoms with E-state index in [4.69, 9.17) is 0 Å². The molecule has 6 heteroatoms. The van der Waals surface area contributed by atoms with Gasteiger partial charge in [-0.3, -0.25) is 4.79 Å². The summed E-state index contributed by atoms with van der Waals surface area (Å²) in [6, 6.07) is -0.272. The number of carboxylic acids is 1. The first kappa shape index (κ1) is 15.8. The maximum Gasteiger partial charge on any atom is 0.314 e. The SMILES string of the molecule is CN(C)CCCNC(=O)NCC1(C(=O)O)CCCC1. The van der Waals surface area contributed by atoms with Crippen LogP contribution < -0.4 is 10.6 Å². The molecular formula is C13H25N3O3. The third-order valence-corrected chi connectivity index (χ3v) is 3.67. The number of hydrogen-bond donors (Lipinski definition) is 3. The Balaban J connectivity index is 2.23. The second-order valence-electron chi connectivity index (χ2n) is 5.56. The van der Waals surface area contributed by atoms with Crippen molar-refractivity contribution in [2.75, 3.05) is 33.7 Å². The lowest BCUT2D eigenvalue weighted by atomic mass is 9.86. The minimum absolute atomic E-state index is 0.224. The Labute approximate surface area is 114 Å². The van der Waals surface area contributed by atoms with Crippen molar-refractivity contribution in [1.29, 1.82) is 0 Å². The van der Waals surface area contributed by atoms with E-state index in [2.05, 4.69) is 15.5 Å². The predicted octanol–water partition coefficient (Wildman–Crippen LogP) is 0.882. The Morgan fingerprint density at radius 2 is 1.84 bits per heavy atom. The lowest BCUT2D eigenvalue weighted by molar-refractivity contribution is -0.148. The highest BCUT2D eigenvalue weighted by molar-refractivity contribution is 5.78. The number of carboxylic acid groups (broad SMARTS) is 1. The molecule has 0 atom stereocenters. The summed E-state index contributed by atoms with van der Waals surface area (Å²) in [5.74, 6) is -0.794. The van der Waals surface area contributed by atoms with Crippen LogP contribution in [-0.2, 0) is 4.79 Å². The van der Waals surface area contributed by atoms with Gasteiger partial charge in [0, 0.05) is 13.1 Å². The lowest BCUT2D eigenvalue weighted by Gasteiger charge is -2.24. The standard InChI is InChI=1S/C13H25N3O3/c1-16(2)9-5-8-14-12(19)15-10-13(11(17)18)6-3-4-7-13/h3-10H2,1-2H3,(H,17,18)(H2,14,15,19). The van der Waals surface area contributed by atoms with Crippen molar-refractivity contribution >= 4 is 12.0 Å². The molecule has 0 radical (unpaired) electrons. The van der Waals surface area contributed by atoms with E-state index in [1.54, 1.807) is 0 Å². The molecule has 1 aliphatic rings. The molecule has 6 nitrogen and oxygen atoms in total. The highest BCUT2D eigenvalue weighted by Gasteiger charge is 2.41. The Morgan fingerprint density at radius 1 is 1.21 bits per heavy atom. The number of hydrogen-bond acceptors (Lipinski definition) is 3. The molecule has 0 aliphatic heterocycles. The van der Waals surface area contributed by atoms with Crippen LogP contribution in [0.3, 0.4) is 0 Å². The fraction of sp³-hybridized carbons (Fsp3) is 0.846. The van der Waals surface area contributed by atoms with Gasteiger partial charge >= 0.3 is 12.0 Å². The highest BCUT2D eigenvalue weighted by atomic mass is 16.4. The van der Waals surface area contributed by atoms with E-state index in [9.17, 15) is 14.7 Å². The number of aliphatic carboxylic acids is 1. The van der Waals surface area contributed by atoms with Gasteiger partial charge in [-0.25, -0.2) is 4.79 Å². The number of nitrogens with one attached hydrogen (secondary N) is 2. The van der Waals surface area contributed by atoms with Crippen LogP contribution in [0.25, 0.3) is 0 Å². The van der Waals surface area contributed by atoms with Gasteiger partial charge < -0.3 is 20.6 Å². The topological polar surface area (TPSA) is 81.7 Å². The Hall–Kier alpha value is -1.30. The smallest absolute Gasteiger partial charge is 0.314 e. The van der Waals surface area contributed by atoms with Crippen LogP contribution in [0.1, 0.15) is 32.1 Å². The van der Waals surface area contributed by atoms with Crippen LogP contribution in [0.5, 0.6) is 0 Å². The molecule has 0 aromatic rings. The Kier molecular flexibility index (Phi) is 6.08. The first-order valence-corrected chi connectivity index (χ1v) is 6.86. The number of carbonyl (C=O) groups is 2. The number of amides is 2. The first-order valence-electron chi connectivity index (χ1n) is 6.86. The summed E-state index contributed by atoms with van der Waals surface area (Å²) in [5, 5.41) is 14.7. The van der Waals surface area contributed by atoms with Crippen molar-refractivity contribution in [3.05, 3.63) is 0 Å². The zero-order valence-electron chi connectivity index (χ0n) is 11.9. The van der Waals surface area contributed by atoms with E-state index in [0.29, 0.717) is 19.4 Å². The van der Waals surface area contributed by atoms with Gasteiger partial charge in [0.15, 0.2) is 0 Å². The summed E-state index contributed by atoms with van der Waals surface area (Å²) >= 11 is 0. The quantitative estimate of drug-likeness (QED) is 0.600. The second-order valence-corrected chi connectivity index (χ2v) is 5.56. The molecule has 2 amide bonds. The molecule has 0 spiro atoms. The van der Waals surface area contributed by atoms with Crippen molar-refractivity contribution in [3.63, 3.8) is 0 Å². The van der Waals surface area contributed by atoms with Gasteiger partial charge in [-0.15, -0.1) is 0 Å². The average Bonchev–Trinajstić information content (AvgIpc) is 2.82.